The molecule has 2 aromatic carbocycles. The van der Waals surface area contributed by atoms with E-state index in [0.717, 1.165) is 13.0 Å². The van der Waals surface area contributed by atoms with E-state index in [9.17, 15) is 9.18 Å². The number of hydrogen-bond donors (Lipinski definition) is 1. The Morgan fingerprint density at radius 3 is 2.50 bits per heavy atom. The number of rotatable bonds is 2. The Kier molecular flexibility index (Phi) is 5.04. The van der Waals surface area contributed by atoms with E-state index in [1.54, 1.807) is 48.3 Å². The fraction of sp³-hybridized carbons (Fsp3) is 0.350. The molecule has 2 atom stereocenters. The summed E-state index contributed by atoms with van der Waals surface area (Å²) in [5.74, 6) is -0.774. The molecule has 0 saturated carbocycles. The molecule has 3 nitrogen and oxygen atoms in total. The summed E-state index contributed by atoms with van der Waals surface area (Å²) in [6, 6.07) is 11.0. The van der Waals surface area contributed by atoms with Crippen molar-refractivity contribution in [2.75, 3.05) is 13.6 Å². The molecule has 0 aromatic heterocycles. The minimum absolute atomic E-state index is 0. The molecule has 1 amide bonds. The second-order valence-electron chi connectivity index (χ2n) is 6.98. The van der Waals surface area contributed by atoms with E-state index in [-0.39, 0.29) is 35.5 Å². The largest absolute Gasteiger partial charge is 0.344 e. The molecule has 2 fully saturated rings. The van der Waals surface area contributed by atoms with Crippen LogP contribution in [0.25, 0.3) is 11.1 Å². The Morgan fingerprint density at radius 2 is 1.81 bits per heavy atom. The number of benzene rings is 2. The molecule has 4 rings (SSSR count). The number of halogens is 3. The van der Waals surface area contributed by atoms with Crippen molar-refractivity contribution in [3.63, 3.8) is 0 Å². The van der Waals surface area contributed by atoms with Crippen molar-refractivity contribution >= 4 is 18.3 Å². The van der Waals surface area contributed by atoms with Crippen LogP contribution in [0, 0.1) is 11.6 Å². The molecule has 1 spiro atoms. The van der Waals surface area contributed by atoms with Gasteiger partial charge in [0, 0.05) is 36.3 Å². The second-order valence-corrected chi connectivity index (χ2v) is 6.98. The van der Waals surface area contributed by atoms with Crippen LogP contribution in [0.5, 0.6) is 0 Å². The zero-order valence-electron chi connectivity index (χ0n) is 14.5. The van der Waals surface area contributed by atoms with E-state index in [1.807, 2.05) is 0 Å². The first-order valence-corrected chi connectivity index (χ1v) is 8.58. The van der Waals surface area contributed by atoms with Crippen LogP contribution in [0.2, 0.25) is 0 Å². The van der Waals surface area contributed by atoms with Crippen molar-refractivity contribution in [1.82, 2.24) is 10.2 Å². The minimum atomic E-state index is -0.570. The van der Waals surface area contributed by atoms with E-state index < -0.39 is 17.2 Å². The van der Waals surface area contributed by atoms with Gasteiger partial charge in [-0.2, -0.15) is 0 Å². The molecular formula is C20H21ClF2N2O. The molecule has 6 heteroatoms. The summed E-state index contributed by atoms with van der Waals surface area (Å²) < 4.78 is 29.2. The fourth-order valence-electron chi connectivity index (χ4n) is 4.11. The maximum Gasteiger partial charge on any atom is 0.242 e. The SMILES string of the molecule is CN1CC[C@@]2(CC[C@H](c3cccc(-c4ccccc4F)c3F)N2)C1=O.Cl. The fourth-order valence-corrected chi connectivity index (χ4v) is 4.11. The highest BCUT2D eigenvalue weighted by Crippen LogP contribution is 2.41. The zero-order valence-corrected chi connectivity index (χ0v) is 15.3. The Bertz CT molecular complexity index is 844. The van der Waals surface area contributed by atoms with Gasteiger partial charge in [-0.05, 0) is 25.3 Å². The van der Waals surface area contributed by atoms with E-state index >= 15 is 4.39 Å². The van der Waals surface area contributed by atoms with Crippen LogP contribution in [0.1, 0.15) is 30.9 Å². The molecule has 2 saturated heterocycles. The highest BCUT2D eigenvalue weighted by Gasteiger charge is 2.50. The predicted octanol–water partition coefficient (Wildman–Crippen LogP) is 4.08. The number of likely N-dealkylation sites (tertiary alicyclic amines) is 1. The third-order valence-corrected chi connectivity index (χ3v) is 5.51. The van der Waals surface area contributed by atoms with Crippen molar-refractivity contribution in [1.29, 1.82) is 0 Å². The first kappa shape index (κ1) is 18.8. The number of carbonyl (C=O) groups excluding carboxylic acids is 1. The summed E-state index contributed by atoms with van der Waals surface area (Å²) in [5.41, 5.74) is 0.444. The van der Waals surface area contributed by atoms with Crippen molar-refractivity contribution in [3.05, 3.63) is 59.7 Å². The van der Waals surface area contributed by atoms with Crippen molar-refractivity contribution in [2.45, 2.75) is 30.8 Å². The summed E-state index contributed by atoms with van der Waals surface area (Å²) in [4.78, 5) is 14.2. The highest BCUT2D eigenvalue weighted by atomic mass is 35.5. The van der Waals surface area contributed by atoms with Crippen molar-refractivity contribution in [2.24, 2.45) is 0 Å². The first-order valence-electron chi connectivity index (χ1n) is 8.58. The lowest BCUT2D eigenvalue weighted by Crippen LogP contribution is -2.47. The van der Waals surface area contributed by atoms with Gasteiger partial charge in [0.25, 0.3) is 0 Å². The Hall–Kier alpha value is -1.98. The lowest BCUT2D eigenvalue weighted by Gasteiger charge is -2.24. The van der Waals surface area contributed by atoms with Gasteiger partial charge >= 0.3 is 0 Å². The molecule has 0 bridgehead atoms. The van der Waals surface area contributed by atoms with Crippen LogP contribution in [0.3, 0.4) is 0 Å². The van der Waals surface area contributed by atoms with Gasteiger partial charge in [-0.1, -0.05) is 36.4 Å². The average molecular weight is 379 g/mol. The van der Waals surface area contributed by atoms with Gasteiger partial charge in [0.2, 0.25) is 5.91 Å². The van der Waals surface area contributed by atoms with E-state index in [0.29, 0.717) is 18.4 Å². The summed E-state index contributed by atoms with van der Waals surface area (Å²) in [5, 5.41) is 3.37. The van der Waals surface area contributed by atoms with E-state index in [4.69, 9.17) is 0 Å². The lowest BCUT2D eigenvalue weighted by atomic mass is 9.95. The molecule has 0 aliphatic carbocycles. The zero-order chi connectivity index (χ0) is 17.6. The summed E-state index contributed by atoms with van der Waals surface area (Å²) in [6.45, 7) is 0.719. The summed E-state index contributed by atoms with van der Waals surface area (Å²) in [6.07, 6.45) is 2.13. The number of hydrogen-bond acceptors (Lipinski definition) is 2. The van der Waals surface area contributed by atoms with Gasteiger partial charge in [-0.3, -0.25) is 10.1 Å². The predicted molar refractivity (Wildman–Crippen MR) is 99.1 cm³/mol. The Morgan fingerprint density at radius 1 is 1.08 bits per heavy atom. The molecule has 0 radical (unpaired) electrons. The van der Waals surface area contributed by atoms with Crippen molar-refractivity contribution < 1.29 is 13.6 Å². The van der Waals surface area contributed by atoms with Crippen LogP contribution in [-0.2, 0) is 4.79 Å². The van der Waals surface area contributed by atoms with E-state index in [2.05, 4.69) is 5.32 Å². The van der Waals surface area contributed by atoms with Crippen molar-refractivity contribution in [3.8, 4) is 11.1 Å². The van der Waals surface area contributed by atoms with Gasteiger partial charge in [-0.25, -0.2) is 8.78 Å². The third-order valence-electron chi connectivity index (χ3n) is 5.51. The summed E-state index contributed by atoms with van der Waals surface area (Å²) in [7, 11) is 1.80. The van der Waals surface area contributed by atoms with Gasteiger partial charge in [0.05, 0.1) is 0 Å². The average Bonchev–Trinajstić information content (AvgIpc) is 3.16. The number of amides is 1. The molecule has 2 aliphatic rings. The third kappa shape index (κ3) is 2.89. The van der Waals surface area contributed by atoms with Gasteiger partial charge < -0.3 is 4.90 Å². The topological polar surface area (TPSA) is 32.3 Å². The number of nitrogens with one attached hydrogen (secondary N) is 1. The Labute approximate surface area is 157 Å². The number of likely N-dealkylation sites (N-methyl/N-ethyl adjacent to an activating group) is 1. The quantitative estimate of drug-likeness (QED) is 0.854. The maximum absolute atomic E-state index is 15.1. The van der Waals surface area contributed by atoms with Crippen LogP contribution in [0.4, 0.5) is 8.78 Å². The van der Waals surface area contributed by atoms with Gasteiger partial charge in [0.1, 0.15) is 17.2 Å². The van der Waals surface area contributed by atoms with Gasteiger partial charge in [0.15, 0.2) is 0 Å². The standard InChI is InChI=1S/C20H20F2N2O.ClH/c1-24-12-11-20(19(24)25)10-9-17(23-20)15-7-4-6-14(18(15)22)13-5-2-3-8-16(13)21;/h2-8,17,23H,9-12H2,1H3;1H/t17-,20+;/m1./s1. The molecule has 26 heavy (non-hydrogen) atoms. The van der Waals surface area contributed by atoms with E-state index in [1.165, 1.54) is 6.07 Å². The number of nitrogens with zero attached hydrogens (tertiary/aromatic N) is 1. The molecule has 2 heterocycles. The normalized spacial score (nSPS) is 25.0. The monoisotopic (exact) mass is 378 g/mol. The van der Waals surface area contributed by atoms with Crippen LogP contribution < -0.4 is 5.32 Å². The minimum Gasteiger partial charge on any atom is -0.344 e. The lowest BCUT2D eigenvalue weighted by molar-refractivity contribution is -0.131. The van der Waals surface area contributed by atoms with Crippen LogP contribution in [-0.4, -0.2) is 29.9 Å². The molecule has 2 aliphatic heterocycles. The molecular weight excluding hydrogens is 358 g/mol. The molecule has 138 valence electrons. The molecule has 1 N–H and O–H groups in total. The molecule has 2 aromatic rings. The molecule has 0 unspecified atom stereocenters. The van der Waals surface area contributed by atoms with Gasteiger partial charge in [-0.15, -0.1) is 12.4 Å². The van der Waals surface area contributed by atoms with Crippen LogP contribution in [0.15, 0.2) is 42.5 Å². The maximum atomic E-state index is 15.1. The Balaban J connectivity index is 0.00000196. The summed E-state index contributed by atoms with van der Waals surface area (Å²) >= 11 is 0. The highest BCUT2D eigenvalue weighted by molar-refractivity contribution is 5.88. The van der Waals surface area contributed by atoms with Crippen LogP contribution >= 0.6 is 12.4 Å². The smallest absolute Gasteiger partial charge is 0.242 e. The number of carbonyl (C=O) groups is 1. The second kappa shape index (κ2) is 6.97. The first-order chi connectivity index (χ1) is 12.0.